The Bertz CT molecular complexity index is 1090. The van der Waals surface area contributed by atoms with Gasteiger partial charge in [-0.25, -0.2) is 0 Å². The van der Waals surface area contributed by atoms with Crippen molar-refractivity contribution < 1.29 is 42.9 Å². The van der Waals surface area contributed by atoms with Gasteiger partial charge in [0.2, 0.25) is 0 Å². The molecule has 204 valence electrons. The van der Waals surface area contributed by atoms with Gasteiger partial charge in [0.1, 0.15) is 17.8 Å². The van der Waals surface area contributed by atoms with E-state index in [0.717, 1.165) is 0 Å². The van der Waals surface area contributed by atoms with Gasteiger partial charge in [-0.15, -0.1) is 0 Å². The largest absolute Gasteiger partial charge is 0.462 e. The van der Waals surface area contributed by atoms with Gasteiger partial charge in [-0.05, 0) is 46.5 Å². The highest BCUT2D eigenvalue weighted by molar-refractivity contribution is 6.00. The van der Waals surface area contributed by atoms with Gasteiger partial charge >= 0.3 is 23.9 Å². The lowest BCUT2D eigenvalue weighted by Crippen LogP contribution is -2.72. The van der Waals surface area contributed by atoms with Crippen LogP contribution in [0.25, 0.3) is 0 Å². The van der Waals surface area contributed by atoms with Crippen LogP contribution in [0.2, 0.25) is 0 Å². The summed E-state index contributed by atoms with van der Waals surface area (Å²) in [6, 6.07) is 0. The third-order valence-electron chi connectivity index (χ3n) is 10.1. The topological polar surface area (TPSA) is 122 Å². The van der Waals surface area contributed by atoms with Crippen molar-refractivity contribution in [3.63, 3.8) is 0 Å². The molecule has 2 aliphatic heterocycles. The number of hydrogen-bond donors (Lipinski definition) is 0. The Kier molecular flexibility index (Phi) is 6.20. The molecule has 4 rings (SSSR count). The van der Waals surface area contributed by atoms with E-state index in [0.29, 0.717) is 12.0 Å². The lowest BCUT2D eigenvalue weighted by Gasteiger charge is -2.68. The molecule has 9 nitrogen and oxygen atoms in total. The van der Waals surface area contributed by atoms with Gasteiger partial charge in [0.25, 0.3) is 0 Å². The summed E-state index contributed by atoms with van der Waals surface area (Å²) in [7, 11) is 0. The molecule has 0 aromatic carbocycles. The highest BCUT2D eigenvalue weighted by Crippen LogP contribution is 2.71. The first-order valence-electron chi connectivity index (χ1n) is 12.9. The molecule has 0 aromatic rings. The number of rotatable bonds is 2. The number of carbonyl (C=O) groups is 5. The van der Waals surface area contributed by atoms with E-state index in [1.165, 1.54) is 13.8 Å². The van der Waals surface area contributed by atoms with Crippen molar-refractivity contribution in [2.75, 3.05) is 0 Å². The Morgan fingerprint density at radius 3 is 2.03 bits per heavy atom. The molecular formula is C28H38O9. The van der Waals surface area contributed by atoms with Crippen LogP contribution in [-0.4, -0.2) is 53.6 Å². The Hall–Kier alpha value is -2.71. The molecule has 2 aliphatic carbocycles. The maximum atomic E-state index is 13.7. The number of ether oxygens (including phenoxy) is 4. The predicted molar refractivity (Wildman–Crippen MR) is 130 cm³/mol. The van der Waals surface area contributed by atoms with Crippen molar-refractivity contribution in [2.45, 2.75) is 98.6 Å². The van der Waals surface area contributed by atoms with Crippen LogP contribution in [0.15, 0.2) is 12.2 Å². The second-order valence-corrected chi connectivity index (χ2v) is 12.4. The average molecular weight is 519 g/mol. The molecule has 9 atom stereocenters. The van der Waals surface area contributed by atoms with Gasteiger partial charge in [0, 0.05) is 30.6 Å². The van der Waals surface area contributed by atoms with E-state index in [1.807, 2.05) is 13.8 Å². The van der Waals surface area contributed by atoms with Crippen molar-refractivity contribution in [1.29, 1.82) is 0 Å². The molecule has 0 spiro atoms. The fraction of sp³-hybridized carbons (Fsp3) is 0.750. The van der Waals surface area contributed by atoms with Crippen LogP contribution in [0.5, 0.6) is 0 Å². The minimum atomic E-state index is -1.23. The third kappa shape index (κ3) is 3.67. The van der Waals surface area contributed by atoms with Gasteiger partial charge in [-0.3, -0.25) is 24.0 Å². The number of hydrogen-bond acceptors (Lipinski definition) is 9. The molecule has 0 amide bonds. The number of fused-ring (bicyclic) bond motifs is 5. The van der Waals surface area contributed by atoms with Crippen LogP contribution in [0.1, 0.15) is 74.7 Å². The first-order chi connectivity index (χ1) is 16.9. The average Bonchev–Trinajstić information content (AvgIpc) is 2.80. The van der Waals surface area contributed by atoms with E-state index in [4.69, 9.17) is 18.9 Å². The summed E-state index contributed by atoms with van der Waals surface area (Å²) >= 11 is 0. The summed E-state index contributed by atoms with van der Waals surface area (Å²) in [5, 5.41) is 0. The van der Waals surface area contributed by atoms with E-state index < -0.39 is 81.8 Å². The number of Topliss-reactive ketones (excluding diaryl/α,β-unsaturated/α-hetero) is 1. The number of allylic oxidation sites excluding steroid dienone is 1. The zero-order valence-corrected chi connectivity index (χ0v) is 23.0. The molecular weight excluding hydrogens is 480 g/mol. The Morgan fingerprint density at radius 1 is 0.892 bits per heavy atom. The highest BCUT2D eigenvalue weighted by atomic mass is 16.6. The van der Waals surface area contributed by atoms with E-state index >= 15 is 0 Å². The minimum Gasteiger partial charge on any atom is -0.462 e. The Morgan fingerprint density at radius 2 is 1.46 bits per heavy atom. The predicted octanol–water partition coefficient (Wildman–Crippen LogP) is 3.32. The zero-order chi connectivity index (χ0) is 27.9. The number of ketones is 1. The smallest absolute Gasteiger partial charge is 0.311 e. The number of esters is 4. The normalized spacial score (nSPS) is 44.8. The molecule has 0 aromatic heterocycles. The van der Waals surface area contributed by atoms with Crippen molar-refractivity contribution >= 4 is 29.7 Å². The summed E-state index contributed by atoms with van der Waals surface area (Å²) in [6.07, 6.45) is -2.21. The maximum Gasteiger partial charge on any atom is 0.311 e. The lowest BCUT2D eigenvalue weighted by atomic mass is 9.36. The van der Waals surface area contributed by atoms with Crippen molar-refractivity contribution in [2.24, 2.45) is 34.0 Å². The van der Waals surface area contributed by atoms with E-state index in [1.54, 1.807) is 27.7 Å². The Labute approximate surface area is 217 Å². The maximum absolute atomic E-state index is 13.7. The molecule has 0 radical (unpaired) electrons. The van der Waals surface area contributed by atoms with Crippen molar-refractivity contribution in [1.82, 2.24) is 0 Å². The fourth-order valence-corrected chi connectivity index (χ4v) is 8.50. The number of cyclic esters (lactones) is 2. The second kappa shape index (κ2) is 8.40. The van der Waals surface area contributed by atoms with Crippen molar-refractivity contribution in [3.8, 4) is 0 Å². The van der Waals surface area contributed by atoms with Gasteiger partial charge < -0.3 is 18.9 Å². The van der Waals surface area contributed by atoms with Crippen LogP contribution >= 0.6 is 0 Å². The molecule has 9 heteroatoms. The molecule has 0 bridgehead atoms. The molecule has 0 N–H and O–H groups in total. The van der Waals surface area contributed by atoms with Gasteiger partial charge in [-0.2, -0.15) is 0 Å². The number of carbonyl (C=O) groups excluding carboxylic acids is 5. The van der Waals surface area contributed by atoms with Crippen LogP contribution < -0.4 is 0 Å². The molecule has 2 saturated carbocycles. The van der Waals surface area contributed by atoms with Crippen LogP contribution in [0.3, 0.4) is 0 Å². The van der Waals surface area contributed by atoms with Crippen LogP contribution in [0, 0.1) is 34.0 Å². The standard InChI is InChI=1S/C28H38O9/c1-13-10-18-27(8)17(25(5,6)37-21(31)12-20(27)36-16(4)30)11-19(35-15(3)29)28(18,9)22-24(33)34-14(2)23(32)26(13,22)7/h14,17-20,22H,1,10-12H2,2-9H3/t14-,17+,18-,19+,20-,22-,26+,27-,28-/m1/s1. The summed E-state index contributed by atoms with van der Waals surface area (Å²) in [4.78, 5) is 64.8. The van der Waals surface area contributed by atoms with E-state index in [9.17, 15) is 24.0 Å². The molecule has 37 heavy (non-hydrogen) atoms. The molecule has 2 heterocycles. The fourth-order valence-electron chi connectivity index (χ4n) is 8.50. The van der Waals surface area contributed by atoms with Crippen molar-refractivity contribution in [3.05, 3.63) is 12.2 Å². The van der Waals surface area contributed by atoms with Crippen LogP contribution in [0.4, 0.5) is 0 Å². The van der Waals surface area contributed by atoms with Gasteiger partial charge in [0.15, 0.2) is 11.9 Å². The van der Waals surface area contributed by atoms with Gasteiger partial charge in [0.05, 0.1) is 17.8 Å². The lowest BCUT2D eigenvalue weighted by molar-refractivity contribution is -0.257. The first-order valence-corrected chi connectivity index (χ1v) is 12.9. The summed E-state index contributed by atoms with van der Waals surface area (Å²) in [5.41, 5.74) is -3.65. The van der Waals surface area contributed by atoms with Crippen LogP contribution in [-0.2, 0) is 42.9 Å². The SMILES string of the molecule is C=C1C[C@H]2[C@](C)([C@@H](OC(C)=O)C[C@H]3C(C)(C)OC(=O)C[C@@H](OC(C)=O)[C@@]23C)[C@@H]2C(=O)O[C@H](C)C(=O)[C@@]12C. The highest BCUT2D eigenvalue weighted by Gasteiger charge is 2.75. The second-order valence-electron chi connectivity index (χ2n) is 12.4. The quantitative estimate of drug-likeness (QED) is 0.308. The summed E-state index contributed by atoms with van der Waals surface area (Å²) in [6.45, 7) is 17.6. The zero-order valence-electron chi connectivity index (χ0n) is 23.0. The third-order valence-corrected chi connectivity index (χ3v) is 10.1. The Balaban J connectivity index is 2.01. The van der Waals surface area contributed by atoms with Gasteiger partial charge in [-0.1, -0.05) is 26.0 Å². The van der Waals surface area contributed by atoms with E-state index in [-0.39, 0.29) is 18.6 Å². The van der Waals surface area contributed by atoms with E-state index in [2.05, 4.69) is 6.58 Å². The minimum absolute atomic E-state index is 0.157. The monoisotopic (exact) mass is 518 g/mol. The molecule has 4 aliphatic rings. The summed E-state index contributed by atoms with van der Waals surface area (Å²) in [5.74, 6) is -4.23. The molecule has 0 unspecified atom stereocenters. The summed E-state index contributed by atoms with van der Waals surface area (Å²) < 4.78 is 23.2. The molecule has 4 fully saturated rings. The first kappa shape index (κ1) is 27.3. The molecule has 2 saturated heterocycles.